The van der Waals surface area contributed by atoms with Gasteiger partial charge in [-0.3, -0.25) is 9.59 Å². The lowest BCUT2D eigenvalue weighted by molar-refractivity contribution is -0.122. The summed E-state index contributed by atoms with van der Waals surface area (Å²) in [5.41, 5.74) is 1.18. The summed E-state index contributed by atoms with van der Waals surface area (Å²) in [6.45, 7) is 1.48. The normalized spacial score (nSPS) is 17.2. The molecule has 102 valence electrons. The van der Waals surface area contributed by atoms with E-state index in [0.29, 0.717) is 17.1 Å². The van der Waals surface area contributed by atoms with Crippen LogP contribution in [0.25, 0.3) is 0 Å². The van der Waals surface area contributed by atoms with Gasteiger partial charge in [0.15, 0.2) is 6.10 Å². The lowest BCUT2D eigenvalue weighted by Gasteiger charge is -2.25. The van der Waals surface area contributed by atoms with Crippen LogP contribution in [0.3, 0.4) is 0 Å². The third kappa shape index (κ3) is 2.68. The lowest BCUT2D eigenvalue weighted by atomic mass is 10.2. The third-order valence-corrected chi connectivity index (χ3v) is 2.98. The summed E-state index contributed by atoms with van der Waals surface area (Å²) in [4.78, 5) is 24.6. The van der Waals surface area contributed by atoms with Gasteiger partial charge in [-0.1, -0.05) is 0 Å². The molecule has 1 aromatic carbocycles. The zero-order chi connectivity index (χ0) is 14.0. The highest BCUT2D eigenvalue weighted by Crippen LogP contribution is 2.33. The van der Waals surface area contributed by atoms with E-state index in [4.69, 9.17) is 9.84 Å². The van der Waals surface area contributed by atoms with Crippen LogP contribution in [-0.4, -0.2) is 36.7 Å². The van der Waals surface area contributed by atoms with Crippen molar-refractivity contribution in [1.82, 2.24) is 0 Å². The van der Waals surface area contributed by atoms with Crippen molar-refractivity contribution in [1.29, 1.82) is 0 Å². The summed E-state index contributed by atoms with van der Waals surface area (Å²) < 4.78 is 5.43. The van der Waals surface area contributed by atoms with Gasteiger partial charge in [0.1, 0.15) is 5.75 Å². The molecule has 2 amide bonds. The number of carbonyl (C=O) groups excluding carboxylic acids is 2. The van der Waals surface area contributed by atoms with Gasteiger partial charge < -0.3 is 20.1 Å². The van der Waals surface area contributed by atoms with Crippen LogP contribution in [0, 0.1) is 0 Å². The highest BCUT2D eigenvalue weighted by atomic mass is 16.5. The number of nitrogens with zero attached hydrogens (tertiary/aromatic N) is 1. The van der Waals surface area contributed by atoms with Crippen LogP contribution < -0.4 is 15.0 Å². The number of nitrogens with one attached hydrogen (secondary N) is 1. The molecule has 0 aromatic heterocycles. The summed E-state index contributed by atoms with van der Waals surface area (Å²) in [5.74, 6) is 0.173. The predicted molar refractivity (Wildman–Crippen MR) is 70.3 cm³/mol. The molecule has 0 spiro atoms. The van der Waals surface area contributed by atoms with Crippen LogP contribution in [-0.2, 0) is 9.59 Å². The Kier molecular flexibility index (Phi) is 3.71. The number of aliphatic hydroxyl groups excluding tert-OH is 1. The Morgan fingerprint density at radius 2 is 2.26 bits per heavy atom. The maximum absolute atomic E-state index is 11.7. The Balaban J connectivity index is 2.24. The molecule has 1 aliphatic rings. The Labute approximate surface area is 111 Å². The summed E-state index contributed by atoms with van der Waals surface area (Å²) in [7, 11) is 1.62. The van der Waals surface area contributed by atoms with Gasteiger partial charge >= 0.3 is 0 Å². The highest BCUT2D eigenvalue weighted by molar-refractivity contribution is 5.99. The van der Waals surface area contributed by atoms with E-state index in [9.17, 15) is 9.59 Å². The first-order chi connectivity index (χ1) is 9.02. The average molecular weight is 264 g/mol. The number of ether oxygens (including phenoxy) is 1. The maximum Gasteiger partial charge on any atom is 0.265 e. The fraction of sp³-hybridized carbons (Fsp3) is 0.385. The number of carbonyl (C=O) groups is 2. The van der Waals surface area contributed by atoms with Crippen LogP contribution in [0.1, 0.15) is 13.3 Å². The molecule has 0 fully saturated rings. The average Bonchev–Trinajstić information content (AvgIpc) is 2.39. The first-order valence-corrected chi connectivity index (χ1v) is 6.02. The van der Waals surface area contributed by atoms with Gasteiger partial charge in [0.05, 0.1) is 18.7 Å². The van der Waals surface area contributed by atoms with Crippen LogP contribution >= 0.6 is 0 Å². The molecule has 0 aliphatic carbocycles. The first kappa shape index (κ1) is 13.4. The van der Waals surface area contributed by atoms with Crippen LogP contribution in [0.2, 0.25) is 0 Å². The van der Waals surface area contributed by atoms with Gasteiger partial charge in [-0.25, -0.2) is 0 Å². The number of benzene rings is 1. The molecule has 1 atom stereocenters. The Bertz CT molecular complexity index is 515. The Morgan fingerprint density at radius 3 is 2.95 bits per heavy atom. The molecule has 0 saturated carbocycles. The highest BCUT2D eigenvalue weighted by Gasteiger charge is 2.24. The topological polar surface area (TPSA) is 78.9 Å². The molecule has 1 aromatic rings. The van der Waals surface area contributed by atoms with E-state index >= 15 is 0 Å². The largest absolute Gasteiger partial charge is 0.479 e. The van der Waals surface area contributed by atoms with E-state index in [1.807, 2.05) is 0 Å². The number of amides is 2. The third-order valence-electron chi connectivity index (χ3n) is 2.98. The van der Waals surface area contributed by atoms with Crippen molar-refractivity contribution in [2.75, 3.05) is 23.9 Å². The number of anilines is 2. The zero-order valence-corrected chi connectivity index (χ0v) is 10.8. The van der Waals surface area contributed by atoms with Gasteiger partial charge in [0.2, 0.25) is 5.91 Å². The minimum Gasteiger partial charge on any atom is -0.479 e. The Morgan fingerprint density at radius 1 is 1.53 bits per heavy atom. The van der Waals surface area contributed by atoms with Crippen molar-refractivity contribution in [3.05, 3.63) is 18.2 Å². The summed E-state index contributed by atoms with van der Waals surface area (Å²) in [6, 6.07) is 5.12. The molecule has 2 N–H and O–H groups in total. The van der Waals surface area contributed by atoms with Crippen molar-refractivity contribution in [2.45, 2.75) is 19.4 Å². The van der Waals surface area contributed by atoms with Crippen molar-refractivity contribution in [2.24, 2.45) is 0 Å². The molecule has 2 rings (SSSR count). The van der Waals surface area contributed by atoms with Crippen molar-refractivity contribution < 1.29 is 19.4 Å². The number of rotatable bonds is 3. The van der Waals surface area contributed by atoms with E-state index in [1.54, 1.807) is 32.2 Å². The summed E-state index contributed by atoms with van der Waals surface area (Å²) >= 11 is 0. The van der Waals surface area contributed by atoms with Gasteiger partial charge in [0.25, 0.3) is 5.91 Å². The maximum atomic E-state index is 11.7. The van der Waals surface area contributed by atoms with Crippen LogP contribution in [0.5, 0.6) is 5.75 Å². The predicted octanol–water partition coefficient (Wildman–Crippen LogP) is 0.751. The molecule has 19 heavy (non-hydrogen) atoms. The molecule has 1 unspecified atom stereocenters. The van der Waals surface area contributed by atoms with Crippen molar-refractivity contribution in [3.8, 4) is 5.75 Å². The molecular formula is C13H16N2O4. The van der Waals surface area contributed by atoms with Crippen molar-refractivity contribution in [3.63, 3.8) is 0 Å². The second kappa shape index (κ2) is 5.27. The van der Waals surface area contributed by atoms with E-state index in [1.165, 1.54) is 4.90 Å². The van der Waals surface area contributed by atoms with E-state index in [-0.39, 0.29) is 24.8 Å². The SMILES string of the molecule is CC1Oc2ccc(N(C)C(=O)CCO)cc2NC1=O. The zero-order valence-electron chi connectivity index (χ0n) is 10.8. The van der Waals surface area contributed by atoms with Gasteiger partial charge in [-0.15, -0.1) is 0 Å². The number of hydrogen-bond donors (Lipinski definition) is 2. The summed E-state index contributed by atoms with van der Waals surface area (Å²) in [6.07, 6.45) is -0.458. The minimum absolute atomic E-state index is 0.0630. The Hall–Kier alpha value is -2.08. The molecular weight excluding hydrogens is 248 g/mol. The second-order valence-corrected chi connectivity index (χ2v) is 4.36. The standard InChI is InChI=1S/C13H16N2O4/c1-8-13(18)14-10-7-9(3-4-11(10)19-8)15(2)12(17)5-6-16/h3-4,7-8,16H,5-6H2,1-2H3,(H,14,18). The van der Waals surface area contributed by atoms with Gasteiger partial charge in [-0.2, -0.15) is 0 Å². The number of hydrogen-bond acceptors (Lipinski definition) is 4. The monoisotopic (exact) mass is 264 g/mol. The second-order valence-electron chi connectivity index (χ2n) is 4.36. The fourth-order valence-electron chi connectivity index (χ4n) is 1.81. The van der Waals surface area contributed by atoms with Gasteiger partial charge in [-0.05, 0) is 25.1 Å². The molecule has 1 aliphatic heterocycles. The molecule has 1 heterocycles. The molecule has 0 saturated heterocycles. The minimum atomic E-state index is -0.521. The number of aliphatic hydroxyl groups is 1. The molecule has 6 nitrogen and oxygen atoms in total. The quantitative estimate of drug-likeness (QED) is 0.844. The smallest absolute Gasteiger partial charge is 0.265 e. The van der Waals surface area contributed by atoms with E-state index in [2.05, 4.69) is 5.32 Å². The number of fused-ring (bicyclic) bond motifs is 1. The van der Waals surface area contributed by atoms with Gasteiger partial charge in [0, 0.05) is 12.7 Å². The lowest BCUT2D eigenvalue weighted by Crippen LogP contribution is -2.34. The summed E-state index contributed by atoms with van der Waals surface area (Å²) in [5, 5.41) is 11.5. The fourth-order valence-corrected chi connectivity index (χ4v) is 1.81. The van der Waals surface area contributed by atoms with Crippen LogP contribution in [0.15, 0.2) is 18.2 Å². The molecule has 0 bridgehead atoms. The van der Waals surface area contributed by atoms with E-state index < -0.39 is 6.10 Å². The molecule has 0 radical (unpaired) electrons. The van der Waals surface area contributed by atoms with E-state index in [0.717, 1.165) is 0 Å². The van der Waals surface area contributed by atoms with Crippen molar-refractivity contribution >= 4 is 23.2 Å². The first-order valence-electron chi connectivity index (χ1n) is 6.02. The molecule has 6 heteroatoms. The van der Waals surface area contributed by atoms with Crippen LogP contribution in [0.4, 0.5) is 11.4 Å².